The van der Waals surface area contributed by atoms with Gasteiger partial charge >= 0.3 is 12.2 Å². The average molecular weight is 381 g/mol. The zero-order chi connectivity index (χ0) is 18.8. The second-order valence-corrected chi connectivity index (χ2v) is 7.16. The SMILES string of the molecule is COC(=O)NC(=O)c1c(NC(=O)C2CC2)sc2c1CCN(C(=O)OC)C2. The third kappa shape index (κ3) is 3.64. The Morgan fingerprint density at radius 3 is 2.50 bits per heavy atom. The minimum absolute atomic E-state index is 0.0304. The van der Waals surface area contributed by atoms with E-state index in [1.54, 1.807) is 0 Å². The highest BCUT2D eigenvalue weighted by molar-refractivity contribution is 7.17. The fraction of sp³-hybridized carbons (Fsp3) is 0.500. The summed E-state index contributed by atoms with van der Waals surface area (Å²) in [6, 6.07) is 0. The van der Waals surface area contributed by atoms with Crippen LogP contribution < -0.4 is 10.6 Å². The van der Waals surface area contributed by atoms with Gasteiger partial charge in [0.15, 0.2) is 0 Å². The number of hydrogen-bond donors (Lipinski definition) is 2. The minimum Gasteiger partial charge on any atom is -0.453 e. The predicted octanol–water partition coefficient (Wildman–Crippen LogP) is 1.72. The molecule has 0 unspecified atom stereocenters. The van der Waals surface area contributed by atoms with E-state index in [1.165, 1.54) is 23.3 Å². The van der Waals surface area contributed by atoms with E-state index in [-0.39, 0.29) is 23.9 Å². The number of methoxy groups -OCH3 is 2. The van der Waals surface area contributed by atoms with Crippen molar-refractivity contribution >= 4 is 40.3 Å². The second kappa shape index (κ2) is 7.32. The van der Waals surface area contributed by atoms with E-state index in [9.17, 15) is 19.2 Å². The van der Waals surface area contributed by atoms with Crippen molar-refractivity contribution in [2.24, 2.45) is 5.92 Å². The first-order chi connectivity index (χ1) is 12.4. The van der Waals surface area contributed by atoms with E-state index in [0.29, 0.717) is 18.0 Å². The van der Waals surface area contributed by atoms with Crippen LogP contribution in [-0.4, -0.2) is 49.7 Å². The van der Waals surface area contributed by atoms with E-state index in [0.717, 1.165) is 30.4 Å². The van der Waals surface area contributed by atoms with Crippen LogP contribution in [0.1, 0.15) is 33.6 Å². The van der Waals surface area contributed by atoms with Gasteiger partial charge in [0.1, 0.15) is 5.00 Å². The Morgan fingerprint density at radius 1 is 1.15 bits per heavy atom. The lowest BCUT2D eigenvalue weighted by Gasteiger charge is -2.25. The Kier molecular flexibility index (Phi) is 5.12. The molecule has 0 aromatic carbocycles. The number of amides is 4. The van der Waals surface area contributed by atoms with Crippen molar-refractivity contribution in [3.63, 3.8) is 0 Å². The van der Waals surface area contributed by atoms with Crippen LogP contribution in [0.25, 0.3) is 0 Å². The van der Waals surface area contributed by atoms with Crippen molar-refractivity contribution in [1.29, 1.82) is 0 Å². The molecular formula is C16H19N3O6S. The molecule has 0 saturated heterocycles. The topological polar surface area (TPSA) is 114 Å². The summed E-state index contributed by atoms with van der Waals surface area (Å²) in [4.78, 5) is 50.2. The summed E-state index contributed by atoms with van der Waals surface area (Å²) in [6.07, 6.45) is 0.757. The van der Waals surface area contributed by atoms with E-state index in [2.05, 4.69) is 15.4 Å². The third-order valence-corrected chi connectivity index (χ3v) is 5.43. The number of imide groups is 1. The predicted molar refractivity (Wildman–Crippen MR) is 92.1 cm³/mol. The molecule has 1 aliphatic carbocycles. The molecular weight excluding hydrogens is 362 g/mol. The summed E-state index contributed by atoms with van der Waals surface area (Å²) < 4.78 is 9.21. The maximum atomic E-state index is 12.5. The van der Waals surface area contributed by atoms with Gasteiger partial charge in [0.2, 0.25) is 5.91 Å². The molecule has 26 heavy (non-hydrogen) atoms. The van der Waals surface area contributed by atoms with Crippen LogP contribution in [0, 0.1) is 5.92 Å². The summed E-state index contributed by atoms with van der Waals surface area (Å²) in [5, 5.41) is 5.32. The lowest BCUT2D eigenvalue weighted by Crippen LogP contribution is -2.36. The largest absolute Gasteiger partial charge is 0.453 e. The lowest BCUT2D eigenvalue weighted by molar-refractivity contribution is -0.117. The number of rotatable bonds is 3. The Bertz CT molecular complexity index is 770. The van der Waals surface area contributed by atoms with E-state index in [1.807, 2.05) is 0 Å². The van der Waals surface area contributed by atoms with Gasteiger partial charge in [0.05, 0.1) is 26.3 Å². The van der Waals surface area contributed by atoms with Gasteiger partial charge < -0.3 is 19.7 Å². The van der Waals surface area contributed by atoms with Gasteiger partial charge in [-0.3, -0.25) is 14.9 Å². The fourth-order valence-corrected chi connectivity index (χ4v) is 4.05. The molecule has 1 aromatic rings. The molecule has 10 heteroatoms. The summed E-state index contributed by atoms with van der Waals surface area (Å²) in [5.74, 6) is -0.801. The number of nitrogens with one attached hydrogen (secondary N) is 2. The van der Waals surface area contributed by atoms with Crippen molar-refractivity contribution in [3.05, 3.63) is 16.0 Å². The van der Waals surface area contributed by atoms with Crippen molar-refractivity contribution in [3.8, 4) is 0 Å². The molecule has 3 rings (SSSR count). The highest BCUT2D eigenvalue weighted by atomic mass is 32.1. The third-order valence-electron chi connectivity index (χ3n) is 4.30. The first-order valence-electron chi connectivity index (χ1n) is 8.12. The molecule has 0 radical (unpaired) electrons. The lowest BCUT2D eigenvalue weighted by atomic mass is 10.0. The van der Waals surface area contributed by atoms with Crippen LogP contribution in [0.4, 0.5) is 14.6 Å². The number of nitrogens with zero attached hydrogens (tertiary/aromatic N) is 1. The van der Waals surface area contributed by atoms with Gasteiger partial charge in [-0.05, 0) is 24.8 Å². The molecule has 1 aliphatic heterocycles. The Hall–Kier alpha value is -2.62. The molecule has 0 spiro atoms. The van der Waals surface area contributed by atoms with Crippen molar-refractivity contribution in [2.75, 3.05) is 26.1 Å². The molecule has 0 atom stereocenters. The summed E-state index contributed by atoms with van der Waals surface area (Å²) >= 11 is 1.24. The van der Waals surface area contributed by atoms with Crippen LogP contribution in [0.2, 0.25) is 0 Å². The minimum atomic E-state index is -0.874. The van der Waals surface area contributed by atoms with Gasteiger partial charge in [-0.15, -0.1) is 11.3 Å². The molecule has 9 nitrogen and oxygen atoms in total. The van der Waals surface area contributed by atoms with Gasteiger partial charge in [-0.2, -0.15) is 0 Å². The van der Waals surface area contributed by atoms with Crippen LogP contribution >= 0.6 is 11.3 Å². The number of anilines is 1. The first kappa shape index (κ1) is 18.2. The van der Waals surface area contributed by atoms with Crippen molar-refractivity contribution < 1.29 is 28.7 Å². The van der Waals surface area contributed by atoms with E-state index >= 15 is 0 Å². The highest BCUT2D eigenvalue weighted by Crippen LogP contribution is 2.39. The van der Waals surface area contributed by atoms with Crippen molar-refractivity contribution in [1.82, 2.24) is 10.2 Å². The molecule has 1 aromatic heterocycles. The molecule has 2 N–H and O–H groups in total. The number of hydrogen-bond acceptors (Lipinski definition) is 7. The van der Waals surface area contributed by atoms with Gasteiger partial charge in [-0.1, -0.05) is 0 Å². The number of carbonyl (C=O) groups excluding carboxylic acids is 4. The van der Waals surface area contributed by atoms with Crippen LogP contribution in [0.3, 0.4) is 0 Å². The number of alkyl carbamates (subject to hydrolysis) is 1. The van der Waals surface area contributed by atoms with Crippen LogP contribution in [-0.2, 0) is 27.2 Å². The average Bonchev–Trinajstić information content (AvgIpc) is 3.42. The van der Waals surface area contributed by atoms with E-state index < -0.39 is 18.1 Å². The molecule has 1 saturated carbocycles. The highest BCUT2D eigenvalue weighted by Gasteiger charge is 2.34. The maximum Gasteiger partial charge on any atom is 0.413 e. The first-order valence-corrected chi connectivity index (χ1v) is 8.93. The zero-order valence-electron chi connectivity index (χ0n) is 14.4. The standard InChI is InChI=1S/C16H19N3O6S/c1-24-15(22)18-13(21)11-9-5-6-19(16(23)25-2)7-10(9)26-14(11)17-12(20)8-3-4-8/h8H,3-7H2,1-2H3,(H,17,20)(H,18,21,22). The number of ether oxygens (including phenoxy) is 2. The zero-order valence-corrected chi connectivity index (χ0v) is 15.2. The molecule has 4 amide bonds. The van der Waals surface area contributed by atoms with Crippen LogP contribution in [0.15, 0.2) is 0 Å². The van der Waals surface area contributed by atoms with Gasteiger partial charge in [0.25, 0.3) is 5.91 Å². The Labute approximate surface area is 153 Å². The monoisotopic (exact) mass is 381 g/mol. The van der Waals surface area contributed by atoms with Crippen LogP contribution in [0.5, 0.6) is 0 Å². The number of fused-ring (bicyclic) bond motifs is 1. The summed E-state index contributed by atoms with van der Waals surface area (Å²) in [5.41, 5.74) is 0.983. The Balaban J connectivity index is 1.90. The van der Waals surface area contributed by atoms with E-state index in [4.69, 9.17) is 4.74 Å². The maximum absolute atomic E-state index is 12.5. The van der Waals surface area contributed by atoms with Crippen molar-refractivity contribution in [2.45, 2.75) is 25.8 Å². The summed E-state index contributed by atoms with van der Waals surface area (Å²) in [7, 11) is 2.47. The molecule has 2 aliphatic rings. The molecule has 140 valence electrons. The number of thiophene rings is 1. The second-order valence-electron chi connectivity index (χ2n) is 6.06. The number of carbonyl (C=O) groups is 4. The Morgan fingerprint density at radius 2 is 1.88 bits per heavy atom. The molecule has 2 heterocycles. The molecule has 0 bridgehead atoms. The normalized spacial score (nSPS) is 15.7. The fourth-order valence-electron chi connectivity index (χ4n) is 2.78. The summed E-state index contributed by atoms with van der Waals surface area (Å²) in [6.45, 7) is 0.662. The smallest absolute Gasteiger partial charge is 0.413 e. The van der Waals surface area contributed by atoms with Gasteiger partial charge in [0, 0.05) is 17.3 Å². The van der Waals surface area contributed by atoms with Gasteiger partial charge in [-0.25, -0.2) is 9.59 Å². The molecule has 1 fully saturated rings. The quantitative estimate of drug-likeness (QED) is 0.824.